The van der Waals surface area contributed by atoms with Crippen molar-refractivity contribution >= 4 is 35.0 Å². The highest BCUT2D eigenvalue weighted by Crippen LogP contribution is 2.27. The van der Waals surface area contributed by atoms with Crippen molar-refractivity contribution in [3.05, 3.63) is 0 Å². The summed E-state index contributed by atoms with van der Waals surface area (Å²) in [5.74, 6) is 2.11. The second kappa shape index (κ2) is 2.88. The van der Waals surface area contributed by atoms with Gasteiger partial charge in [-0.25, -0.2) is 0 Å². The van der Waals surface area contributed by atoms with Crippen LogP contribution >= 0.6 is 24.0 Å². The van der Waals surface area contributed by atoms with Gasteiger partial charge in [-0.05, 0) is 24.4 Å². The lowest BCUT2D eigenvalue weighted by Crippen LogP contribution is -2.38. The van der Waals surface area contributed by atoms with Crippen LogP contribution < -0.4 is 0 Å². The third-order valence-electron chi connectivity index (χ3n) is 2.29. The molecule has 2 rings (SSSR count). The zero-order valence-corrected chi connectivity index (χ0v) is 8.45. The average molecular weight is 202 g/mol. The fraction of sp³-hybridized carbons (Fsp3) is 0.714. The topological polar surface area (TPSA) is 23.6 Å². The monoisotopic (exact) mass is 202 g/mol. The molecule has 1 amide bonds. The first-order valence-electron chi connectivity index (χ1n) is 3.87. The normalized spacial score (nSPS) is 29.6. The molecule has 2 saturated heterocycles. The van der Waals surface area contributed by atoms with Crippen LogP contribution in [-0.4, -0.2) is 45.5 Å². The van der Waals surface area contributed by atoms with E-state index in [2.05, 4.69) is 0 Å². The number of carbonyl (C=O) groups is 1. The van der Waals surface area contributed by atoms with Gasteiger partial charge in [-0.2, -0.15) is 0 Å². The predicted molar refractivity (Wildman–Crippen MR) is 52.9 cm³/mol. The number of rotatable bonds is 0. The van der Waals surface area contributed by atoms with Crippen LogP contribution in [0.15, 0.2) is 0 Å². The van der Waals surface area contributed by atoms with Crippen LogP contribution in [0.4, 0.5) is 0 Å². The Kier molecular flexibility index (Phi) is 2.00. The summed E-state index contributed by atoms with van der Waals surface area (Å²) in [5, 5.41) is 0.692. The number of hydrogen-bond donors (Lipinski definition) is 0. The Morgan fingerprint density at radius 1 is 1.67 bits per heavy atom. The summed E-state index contributed by atoms with van der Waals surface area (Å²) in [6.45, 7) is 0. The van der Waals surface area contributed by atoms with Gasteiger partial charge in [-0.3, -0.25) is 9.69 Å². The fourth-order valence-corrected chi connectivity index (χ4v) is 2.94. The second-order valence-corrected chi connectivity index (χ2v) is 4.43. The van der Waals surface area contributed by atoms with Crippen molar-refractivity contribution in [2.75, 3.05) is 18.7 Å². The van der Waals surface area contributed by atoms with Crippen LogP contribution in [0.3, 0.4) is 0 Å². The van der Waals surface area contributed by atoms with E-state index in [0.717, 1.165) is 18.1 Å². The molecular formula is C7H10N2OS2. The molecule has 5 heteroatoms. The Morgan fingerprint density at radius 2 is 2.42 bits per heavy atom. The van der Waals surface area contributed by atoms with Crippen LogP contribution in [0, 0.1) is 0 Å². The maximum atomic E-state index is 11.5. The molecule has 0 aromatic heterocycles. The standard InChI is InChI=1S/C7H10N2OS2/c1-8-6(10)5-2-3-12-4-9(5)7(8)11/h5H,2-4H2,1H3. The van der Waals surface area contributed by atoms with Gasteiger partial charge in [0, 0.05) is 7.05 Å². The summed E-state index contributed by atoms with van der Waals surface area (Å²) in [6, 6.07) is 0.0451. The predicted octanol–water partition coefficient (Wildman–Crippen LogP) is 0.508. The molecule has 66 valence electrons. The Hall–Kier alpha value is -0.290. The molecule has 2 fully saturated rings. The van der Waals surface area contributed by atoms with E-state index in [1.54, 1.807) is 11.9 Å². The molecule has 1 unspecified atom stereocenters. The van der Waals surface area contributed by atoms with Gasteiger partial charge in [0.25, 0.3) is 5.91 Å². The van der Waals surface area contributed by atoms with Gasteiger partial charge in [0.2, 0.25) is 0 Å². The van der Waals surface area contributed by atoms with Crippen molar-refractivity contribution < 1.29 is 4.79 Å². The molecule has 0 aliphatic carbocycles. The van der Waals surface area contributed by atoms with E-state index >= 15 is 0 Å². The third-order valence-corrected chi connectivity index (χ3v) is 3.78. The van der Waals surface area contributed by atoms with E-state index in [1.807, 2.05) is 16.7 Å². The van der Waals surface area contributed by atoms with Crippen LogP contribution in [0.1, 0.15) is 6.42 Å². The molecule has 3 nitrogen and oxygen atoms in total. The molecule has 0 N–H and O–H groups in total. The van der Waals surface area contributed by atoms with E-state index in [9.17, 15) is 4.79 Å². The maximum absolute atomic E-state index is 11.5. The highest BCUT2D eigenvalue weighted by molar-refractivity contribution is 7.99. The summed E-state index contributed by atoms with van der Waals surface area (Å²) in [4.78, 5) is 15.1. The number of likely N-dealkylation sites (N-methyl/N-ethyl adjacent to an activating group) is 1. The van der Waals surface area contributed by atoms with Gasteiger partial charge >= 0.3 is 0 Å². The smallest absolute Gasteiger partial charge is 0.251 e. The lowest BCUT2D eigenvalue weighted by Gasteiger charge is -2.27. The van der Waals surface area contributed by atoms with E-state index in [-0.39, 0.29) is 11.9 Å². The fourth-order valence-electron chi connectivity index (χ4n) is 1.56. The third kappa shape index (κ3) is 1.03. The molecule has 12 heavy (non-hydrogen) atoms. The van der Waals surface area contributed by atoms with E-state index in [1.165, 1.54) is 0 Å². The van der Waals surface area contributed by atoms with Crippen LogP contribution in [-0.2, 0) is 4.79 Å². The number of hydrogen-bond acceptors (Lipinski definition) is 3. The summed E-state index contributed by atoms with van der Waals surface area (Å²) < 4.78 is 0. The minimum atomic E-state index is 0.0451. The quantitative estimate of drug-likeness (QED) is 0.534. The van der Waals surface area contributed by atoms with E-state index in [0.29, 0.717) is 5.11 Å². The Bertz CT molecular complexity index is 220. The number of amides is 1. The molecule has 0 saturated carbocycles. The Balaban J connectivity index is 2.25. The molecule has 0 radical (unpaired) electrons. The van der Waals surface area contributed by atoms with Gasteiger partial charge in [-0.15, -0.1) is 11.8 Å². The van der Waals surface area contributed by atoms with Crippen molar-refractivity contribution in [1.29, 1.82) is 0 Å². The zero-order valence-electron chi connectivity index (χ0n) is 6.82. The van der Waals surface area contributed by atoms with E-state index < -0.39 is 0 Å². The van der Waals surface area contributed by atoms with Crippen molar-refractivity contribution in [3.63, 3.8) is 0 Å². The first-order chi connectivity index (χ1) is 5.72. The number of fused-ring (bicyclic) bond motifs is 1. The van der Waals surface area contributed by atoms with Crippen LogP contribution in [0.2, 0.25) is 0 Å². The van der Waals surface area contributed by atoms with Gasteiger partial charge in [0.05, 0.1) is 5.88 Å². The minimum Gasteiger partial charge on any atom is -0.327 e. The second-order valence-electron chi connectivity index (χ2n) is 2.99. The molecule has 2 heterocycles. The first kappa shape index (κ1) is 8.31. The summed E-state index contributed by atoms with van der Waals surface area (Å²) >= 11 is 6.97. The summed E-state index contributed by atoms with van der Waals surface area (Å²) in [6.07, 6.45) is 0.938. The molecule has 0 bridgehead atoms. The van der Waals surface area contributed by atoms with E-state index in [4.69, 9.17) is 12.2 Å². The SMILES string of the molecule is CN1C(=O)C2CCSCN2C1=S. The Morgan fingerprint density at radius 3 is 3.08 bits per heavy atom. The minimum absolute atomic E-state index is 0.0451. The van der Waals surface area contributed by atoms with Crippen molar-refractivity contribution in [2.24, 2.45) is 0 Å². The molecule has 0 aromatic rings. The number of carbonyl (C=O) groups excluding carboxylic acids is 1. The number of thioether (sulfide) groups is 1. The average Bonchev–Trinajstić information content (AvgIpc) is 2.33. The van der Waals surface area contributed by atoms with Crippen molar-refractivity contribution in [1.82, 2.24) is 9.80 Å². The van der Waals surface area contributed by atoms with Gasteiger partial charge < -0.3 is 4.90 Å². The molecule has 0 spiro atoms. The largest absolute Gasteiger partial charge is 0.327 e. The lowest BCUT2D eigenvalue weighted by molar-refractivity contribution is -0.127. The van der Waals surface area contributed by atoms with Crippen molar-refractivity contribution in [2.45, 2.75) is 12.5 Å². The molecular weight excluding hydrogens is 192 g/mol. The zero-order chi connectivity index (χ0) is 8.72. The summed E-state index contributed by atoms with van der Waals surface area (Å²) in [7, 11) is 1.76. The lowest BCUT2D eigenvalue weighted by atomic mass is 10.2. The highest BCUT2D eigenvalue weighted by atomic mass is 32.2. The maximum Gasteiger partial charge on any atom is 0.251 e. The molecule has 1 atom stereocenters. The van der Waals surface area contributed by atoms with Crippen LogP contribution in [0.25, 0.3) is 0 Å². The van der Waals surface area contributed by atoms with Gasteiger partial charge in [-0.1, -0.05) is 0 Å². The highest BCUT2D eigenvalue weighted by Gasteiger charge is 2.41. The number of nitrogens with zero attached hydrogens (tertiary/aromatic N) is 2. The summed E-state index contributed by atoms with van der Waals surface area (Å²) in [5.41, 5.74) is 0. The van der Waals surface area contributed by atoms with Crippen LogP contribution in [0.5, 0.6) is 0 Å². The molecule has 0 aromatic carbocycles. The van der Waals surface area contributed by atoms with Gasteiger partial charge in [0.1, 0.15) is 6.04 Å². The first-order valence-corrected chi connectivity index (χ1v) is 5.44. The molecule has 2 aliphatic heterocycles. The van der Waals surface area contributed by atoms with Gasteiger partial charge in [0.15, 0.2) is 5.11 Å². The Labute approximate surface area is 81.1 Å². The van der Waals surface area contributed by atoms with Crippen molar-refractivity contribution in [3.8, 4) is 0 Å². The number of thiocarbonyl (C=S) groups is 1. The molecule has 2 aliphatic rings.